The molecular weight excluding hydrogens is 311 g/mol. The van der Waals surface area contributed by atoms with Gasteiger partial charge in [-0.3, -0.25) is 4.98 Å². The van der Waals surface area contributed by atoms with Gasteiger partial charge in [0.25, 0.3) is 5.89 Å². The average molecular weight is 322 g/mol. The molecule has 0 aliphatic rings. The molecule has 24 heavy (non-hydrogen) atoms. The van der Waals surface area contributed by atoms with Crippen molar-refractivity contribution in [3.63, 3.8) is 0 Å². The molecule has 3 aromatic heterocycles. The lowest BCUT2D eigenvalue weighted by Gasteiger charge is -2.03. The number of hydrogen-bond donors (Lipinski definition) is 0. The topological polar surface area (TPSA) is 82.5 Å². The molecule has 0 saturated carbocycles. The molecule has 0 radical (unpaired) electrons. The van der Waals surface area contributed by atoms with E-state index in [-0.39, 0.29) is 11.7 Å². The Morgan fingerprint density at radius 2 is 1.92 bits per heavy atom. The van der Waals surface area contributed by atoms with Crippen LogP contribution in [-0.4, -0.2) is 29.9 Å². The zero-order chi connectivity index (χ0) is 16.5. The van der Waals surface area contributed by atoms with Gasteiger partial charge in [-0.2, -0.15) is 10.1 Å². The van der Waals surface area contributed by atoms with Crippen LogP contribution < -0.4 is 0 Å². The second kappa shape index (κ2) is 5.65. The second-order valence-corrected chi connectivity index (χ2v) is 5.07. The fourth-order valence-corrected chi connectivity index (χ4v) is 2.27. The van der Waals surface area contributed by atoms with E-state index in [0.29, 0.717) is 17.2 Å². The maximum Gasteiger partial charge on any atom is 0.278 e. The third kappa shape index (κ3) is 2.54. The van der Waals surface area contributed by atoms with E-state index in [1.807, 2.05) is 13.0 Å². The Balaban J connectivity index is 1.70. The highest BCUT2D eigenvalue weighted by Crippen LogP contribution is 2.22. The Hall–Kier alpha value is -3.42. The molecule has 0 N–H and O–H groups in total. The van der Waals surface area contributed by atoms with Gasteiger partial charge >= 0.3 is 0 Å². The molecule has 0 saturated heterocycles. The van der Waals surface area contributed by atoms with Crippen LogP contribution in [0.25, 0.3) is 28.8 Å². The van der Waals surface area contributed by atoms with Crippen molar-refractivity contribution < 1.29 is 8.91 Å². The molecule has 1 aromatic carbocycles. The first-order chi connectivity index (χ1) is 11.7. The third-order valence-corrected chi connectivity index (χ3v) is 3.40. The summed E-state index contributed by atoms with van der Waals surface area (Å²) in [5, 5.41) is 8.35. The van der Waals surface area contributed by atoms with Crippen molar-refractivity contribution in [3.8, 4) is 28.8 Å². The predicted octanol–water partition coefficient (Wildman–Crippen LogP) is 2.83. The highest BCUT2D eigenvalue weighted by Gasteiger charge is 2.16. The first-order valence-electron chi connectivity index (χ1n) is 7.14. The lowest BCUT2D eigenvalue weighted by Crippen LogP contribution is -1.98. The van der Waals surface area contributed by atoms with Crippen molar-refractivity contribution in [3.05, 3.63) is 60.4 Å². The number of hydrogen-bond acceptors (Lipinski definition) is 6. The van der Waals surface area contributed by atoms with Crippen LogP contribution >= 0.6 is 0 Å². The number of halogens is 1. The van der Waals surface area contributed by atoms with E-state index in [2.05, 4.69) is 25.2 Å². The zero-order valence-electron chi connectivity index (χ0n) is 12.6. The monoisotopic (exact) mass is 322 g/mol. The molecule has 8 heteroatoms. The molecule has 7 nitrogen and oxygen atoms in total. The fraction of sp³-hybridized carbons (Fsp3) is 0.0625. The highest BCUT2D eigenvalue weighted by molar-refractivity contribution is 5.54. The van der Waals surface area contributed by atoms with Crippen LogP contribution in [0.1, 0.15) is 5.69 Å². The van der Waals surface area contributed by atoms with Crippen molar-refractivity contribution in [2.24, 2.45) is 0 Å². The summed E-state index contributed by atoms with van der Waals surface area (Å²) < 4.78 is 20.0. The zero-order valence-corrected chi connectivity index (χ0v) is 12.6. The highest BCUT2D eigenvalue weighted by atomic mass is 19.1. The summed E-state index contributed by atoms with van der Waals surface area (Å²) >= 11 is 0. The van der Waals surface area contributed by atoms with E-state index in [1.54, 1.807) is 35.4 Å². The van der Waals surface area contributed by atoms with Gasteiger partial charge in [-0.25, -0.2) is 14.1 Å². The molecular formula is C16H11FN6O. The predicted molar refractivity (Wildman–Crippen MR) is 82.6 cm³/mol. The summed E-state index contributed by atoms with van der Waals surface area (Å²) in [4.78, 5) is 12.4. The number of nitrogens with zero attached hydrogens (tertiary/aromatic N) is 6. The summed E-state index contributed by atoms with van der Waals surface area (Å²) in [5.74, 6) is 0.320. The molecule has 0 atom stereocenters. The minimum absolute atomic E-state index is 0.277. The Kier molecular flexibility index (Phi) is 3.34. The van der Waals surface area contributed by atoms with Gasteiger partial charge in [-0.05, 0) is 37.3 Å². The molecule has 118 valence electrons. The number of rotatable bonds is 3. The maximum absolute atomic E-state index is 13.1. The van der Waals surface area contributed by atoms with Crippen LogP contribution in [-0.2, 0) is 0 Å². The summed E-state index contributed by atoms with van der Waals surface area (Å²) in [7, 11) is 0. The third-order valence-electron chi connectivity index (χ3n) is 3.40. The summed E-state index contributed by atoms with van der Waals surface area (Å²) in [6, 6.07) is 7.89. The number of aryl methyl sites for hydroxylation is 1. The van der Waals surface area contributed by atoms with Crippen molar-refractivity contribution in [2.45, 2.75) is 6.92 Å². The van der Waals surface area contributed by atoms with Gasteiger partial charge in [-0.1, -0.05) is 5.16 Å². The first kappa shape index (κ1) is 14.2. The molecule has 0 spiro atoms. The van der Waals surface area contributed by atoms with Gasteiger partial charge in [-0.15, -0.1) is 0 Å². The van der Waals surface area contributed by atoms with E-state index in [1.165, 1.54) is 12.1 Å². The van der Waals surface area contributed by atoms with Crippen LogP contribution in [0.3, 0.4) is 0 Å². The van der Waals surface area contributed by atoms with Crippen molar-refractivity contribution in [1.29, 1.82) is 0 Å². The van der Waals surface area contributed by atoms with E-state index in [4.69, 9.17) is 4.52 Å². The molecule has 0 aliphatic carbocycles. The normalized spacial score (nSPS) is 10.9. The Labute approximate surface area is 135 Å². The van der Waals surface area contributed by atoms with Gasteiger partial charge in [0.1, 0.15) is 11.5 Å². The van der Waals surface area contributed by atoms with Crippen LogP contribution in [0.15, 0.2) is 53.4 Å². The van der Waals surface area contributed by atoms with E-state index < -0.39 is 0 Å². The number of aromatic nitrogens is 6. The van der Waals surface area contributed by atoms with Crippen molar-refractivity contribution in [2.75, 3.05) is 0 Å². The summed E-state index contributed by atoms with van der Waals surface area (Å²) in [6.07, 6.45) is 4.67. The van der Waals surface area contributed by atoms with Gasteiger partial charge in [0.15, 0.2) is 5.69 Å². The van der Waals surface area contributed by atoms with Crippen LogP contribution in [0, 0.1) is 12.7 Å². The standard InChI is InChI=1S/C16H11FN6O/c1-10-8-13(21-23(10)12-4-2-11(17)3-5-12)16-20-15(22-24-16)14-9-18-6-7-19-14/h2-9H,1H3. The average Bonchev–Trinajstić information content (AvgIpc) is 3.23. The minimum atomic E-state index is -0.297. The molecule has 0 bridgehead atoms. The smallest absolute Gasteiger partial charge is 0.278 e. The van der Waals surface area contributed by atoms with E-state index >= 15 is 0 Å². The van der Waals surface area contributed by atoms with Gasteiger partial charge in [0.2, 0.25) is 5.82 Å². The Bertz CT molecular complexity index is 977. The summed E-state index contributed by atoms with van der Waals surface area (Å²) in [6.45, 7) is 1.89. The summed E-state index contributed by atoms with van der Waals surface area (Å²) in [5.41, 5.74) is 2.64. The lowest BCUT2D eigenvalue weighted by atomic mass is 10.3. The number of benzene rings is 1. The Morgan fingerprint density at radius 1 is 1.08 bits per heavy atom. The molecule has 3 heterocycles. The van der Waals surface area contributed by atoms with Crippen molar-refractivity contribution in [1.82, 2.24) is 29.9 Å². The lowest BCUT2D eigenvalue weighted by molar-refractivity contribution is 0.430. The van der Waals surface area contributed by atoms with Crippen LogP contribution in [0.5, 0.6) is 0 Å². The van der Waals surface area contributed by atoms with Gasteiger partial charge < -0.3 is 4.52 Å². The first-order valence-corrected chi connectivity index (χ1v) is 7.14. The molecule has 4 aromatic rings. The molecule has 4 rings (SSSR count). The minimum Gasteiger partial charge on any atom is -0.332 e. The largest absolute Gasteiger partial charge is 0.332 e. The second-order valence-electron chi connectivity index (χ2n) is 5.07. The van der Waals surface area contributed by atoms with Crippen LogP contribution in [0.2, 0.25) is 0 Å². The van der Waals surface area contributed by atoms with Crippen LogP contribution in [0.4, 0.5) is 4.39 Å². The molecule has 0 aliphatic heterocycles. The van der Waals surface area contributed by atoms with E-state index in [9.17, 15) is 4.39 Å². The molecule has 0 amide bonds. The van der Waals surface area contributed by atoms with Gasteiger partial charge in [0.05, 0.1) is 11.9 Å². The Morgan fingerprint density at radius 3 is 2.67 bits per heavy atom. The van der Waals surface area contributed by atoms with Gasteiger partial charge in [0, 0.05) is 18.1 Å². The van der Waals surface area contributed by atoms with E-state index in [0.717, 1.165) is 11.4 Å². The molecule has 0 unspecified atom stereocenters. The quantitative estimate of drug-likeness (QED) is 0.577. The molecule has 0 fully saturated rings. The SMILES string of the molecule is Cc1cc(-c2nc(-c3cnccn3)no2)nn1-c1ccc(F)cc1. The fourth-order valence-electron chi connectivity index (χ4n) is 2.27. The van der Waals surface area contributed by atoms with Crippen molar-refractivity contribution >= 4 is 0 Å². The maximum atomic E-state index is 13.1.